The first-order chi connectivity index (χ1) is 6.96. The zero-order chi connectivity index (χ0) is 11.9. The molecule has 0 aromatic rings. The normalized spacial score (nSPS) is 17.8. The van der Waals surface area contributed by atoms with Crippen LogP contribution in [0.15, 0.2) is 0 Å². The van der Waals surface area contributed by atoms with Crippen LogP contribution in [0.4, 0.5) is 0 Å². The van der Waals surface area contributed by atoms with Crippen molar-refractivity contribution in [2.24, 2.45) is 5.73 Å². The maximum absolute atomic E-state index is 9.03. The van der Waals surface area contributed by atoms with Gasteiger partial charge < -0.3 is 15.7 Å². The van der Waals surface area contributed by atoms with Crippen molar-refractivity contribution in [2.45, 2.75) is 58.5 Å². The Morgan fingerprint density at radius 3 is 2.40 bits per heavy atom. The Morgan fingerprint density at radius 1 is 1.40 bits per heavy atom. The molecular weight excluding hydrogens is 188 g/mol. The molecule has 0 saturated carbocycles. The zero-order valence-corrected chi connectivity index (χ0v) is 10.8. The minimum absolute atomic E-state index is 0.0719. The van der Waals surface area contributed by atoms with E-state index in [9.17, 15) is 0 Å². The Labute approximate surface area is 94.6 Å². The van der Waals surface area contributed by atoms with Gasteiger partial charge >= 0.3 is 0 Å². The predicted molar refractivity (Wildman–Crippen MR) is 65.9 cm³/mol. The maximum Gasteiger partial charge on any atom is 0.0608 e. The average molecular weight is 216 g/mol. The topological polar surface area (TPSA) is 49.5 Å². The summed E-state index contributed by atoms with van der Waals surface area (Å²) in [5.74, 6) is 0. The molecule has 0 bridgehead atoms. The summed E-state index contributed by atoms with van der Waals surface area (Å²) in [4.78, 5) is 2.47. The third-order valence-corrected chi connectivity index (χ3v) is 3.17. The van der Waals surface area contributed by atoms with Gasteiger partial charge in [-0.05, 0) is 46.2 Å². The molecule has 0 saturated heterocycles. The summed E-state index contributed by atoms with van der Waals surface area (Å²) < 4.78 is 0. The summed E-state index contributed by atoms with van der Waals surface area (Å²) in [5.41, 5.74) is 5.48. The van der Waals surface area contributed by atoms with E-state index in [1.807, 2.05) is 6.92 Å². The number of hydrogen-bond acceptors (Lipinski definition) is 3. The third-order valence-electron chi connectivity index (χ3n) is 3.17. The molecule has 3 heteroatoms. The Bertz CT molecular complexity index is 160. The molecule has 0 spiro atoms. The molecule has 15 heavy (non-hydrogen) atoms. The fourth-order valence-corrected chi connectivity index (χ4v) is 1.71. The van der Waals surface area contributed by atoms with Gasteiger partial charge in [0.05, 0.1) is 6.61 Å². The molecular formula is C12H28N2O. The fraction of sp³-hybridized carbons (Fsp3) is 1.00. The first-order valence-corrected chi connectivity index (χ1v) is 6.10. The molecule has 2 atom stereocenters. The average Bonchev–Trinajstić information content (AvgIpc) is 2.23. The minimum Gasteiger partial charge on any atom is -0.394 e. The number of aliphatic hydroxyl groups excluding tert-OH is 1. The fourth-order valence-electron chi connectivity index (χ4n) is 1.71. The van der Waals surface area contributed by atoms with Crippen LogP contribution in [0.25, 0.3) is 0 Å². The van der Waals surface area contributed by atoms with E-state index >= 15 is 0 Å². The highest BCUT2D eigenvalue weighted by Crippen LogP contribution is 2.10. The van der Waals surface area contributed by atoms with E-state index in [2.05, 4.69) is 25.7 Å². The quantitative estimate of drug-likeness (QED) is 0.648. The summed E-state index contributed by atoms with van der Waals surface area (Å²) in [7, 11) is 0. The summed E-state index contributed by atoms with van der Waals surface area (Å²) in [5, 5.41) is 9.03. The molecule has 92 valence electrons. The summed E-state index contributed by atoms with van der Waals surface area (Å²) in [6, 6.07) is 0.646. The number of hydrogen-bond donors (Lipinski definition) is 2. The largest absolute Gasteiger partial charge is 0.394 e. The summed E-state index contributed by atoms with van der Waals surface area (Å²) in [6.07, 6.45) is 3.13. The van der Waals surface area contributed by atoms with Gasteiger partial charge in [0.2, 0.25) is 0 Å². The van der Waals surface area contributed by atoms with Gasteiger partial charge in [-0.25, -0.2) is 0 Å². The first-order valence-electron chi connectivity index (χ1n) is 6.10. The van der Waals surface area contributed by atoms with Gasteiger partial charge in [0.1, 0.15) is 0 Å². The second-order valence-corrected chi connectivity index (χ2v) is 4.80. The van der Waals surface area contributed by atoms with Crippen LogP contribution in [0.1, 0.15) is 47.0 Å². The Balaban J connectivity index is 3.82. The van der Waals surface area contributed by atoms with E-state index in [1.165, 1.54) is 6.42 Å². The Kier molecular flexibility index (Phi) is 7.14. The van der Waals surface area contributed by atoms with Gasteiger partial charge in [0.15, 0.2) is 0 Å². The van der Waals surface area contributed by atoms with E-state index in [4.69, 9.17) is 10.8 Å². The zero-order valence-electron chi connectivity index (χ0n) is 10.8. The molecule has 0 heterocycles. The van der Waals surface area contributed by atoms with E-state index < -0.39 is 5.54 Å². The SMILES string of the molecule is CCC(C)N(CC)CCCC(C)(N)CO. The van der Waals surface area contributed by atoms with E-state index in [0.29, 0.717) is 6.04 Å². The predicted octanol–water partition coefficient (Wildman–Crippen LogP) is 1.60. The molecule has 3 nitrogen and oxygen atoms in total. The lowest BCUT2D eigenvalue weighted by Crippen LogP contribution is -2.41. The maximum atomic E-state index is 9.03. The Morgan fingerprint density at radius 2 is 2.00 bits per heavy atom. The lowest BCUT2D eigenvalue weighted by atomic mass is 9.98. The standard InChI is InChI=1S/C12H28N2O/c1-5-11(3)14(6-2)9-7-8-12(4,13)10-15/h11,15H,5-10,13H2,1-4H3. The van der Waals surface area contributed by atoms with Crippen LogP contribution in [-0.2, 0) is 0 Å². The molecule has 0 aromatic heterocycles. The smallest absolute Gasteiger partial charge is 0.0608 e. The monoisotopic (exact) mass is 216 g/mol. The third kappa shape index (κ3) is 6.13. The summed E-state index contributed by atoms with van der Waals surface area (Å²) in [6.45, 7) is 10.8. The number of rotatable bonds is 8. The van der Waals surface area contributed by atoms with Crippen molar-refractivity contribution in [3.63, 3.8) is 0 Å². The molecule has 3 N–H and O–H groups in total. The van der Waals surface area contributed by atoms with Crippen LogP contribution in [0.5, 0.6) is 0 Å². The second kappa shape index (κ2) is 7.20. The number of nitrogens with two attached hydrogens (primary N) is 1. The number of aliphatic hydroxyl groups is 1. The minimum atomic E-state index is -0.408. The second-order valence-electron chi connectivity index (χ2n) is 4.80. The van der Waals surface area contributed by atoms with Crippen LogP contribution in [0, 0.1) is 0 Å². The summed E-state index contributed by atoms with van der Waals surface area (Å²) >= 11 is 0. The van der Waals surface area contributed by atoms with Gasteiger partial charge in [0, 0.05) is 11.6 Å². The van der Waals surface area contributed by atoms with Crippen molar-refractivity contribution < 1.29 is 5.11 Å². The van der Waals surface area contributed by atoms with Gasteiger partial charge in [-0.3, -0.25) is 0 Å². The highest BCUT2D eigenvalue weighted by molar-refractivity contribution is 4.77. The van der Waals surface area contributed by atoms with E-state index in [0.717, 1.165) is 25.9 Å². The molecule has 0 aromatic carbocycles. The van der Waals surface area contributed by atoms with Crippen LogP contribution < -0.4 is 5.73 Å². The molecule has 0 aliphatic rings. The molecule has 0 aliphatic heterocycles. The number of nitrogens with zero attached hydrogens (tertiary/aromatic N) is 1. The van der Waals surface area contributed by atoms with E-state index in [-0.39, 0.29) is 6.61 Å². The van der Waals surface area contributed by atoms with Gasteiger partial charge in [-0.15, -0.1) is 0 Å². The molecule has 0 rings (SSSR count). The molecule has 0 radical (unpaired) electrons. The van der Waals surface area contributed by atoms with Crippen molar-refractivity contribution >= 4 is 0 Å². The van der Waals surface area contributed by atoms with E-state index in [1.54, 1.807) is 0 Å². The van der Waals surface area contributed by atoms with Crippen molar-refractivity contribution in [2.75, 3.05) is 19.7 Å². The van der Waals surface area contributed by atoms with Crippen LogP contribution in [0.2, 0.25) is 0 Å². The molecule has 0 fully saturated rings. The lowest BCUT2D eigenvalue weighted by molar-refractivity contribution is 0.175. The van der Waals surface area contributed by atoms with Gasteiger partial charge in [-0.1, -0.05) is 13.8 Å². The van der Waals surface area contributed by atoms with Crippen molar-refractivity contribution in [3.8, 4) is 0 Å². The van der Waals surface area contributed by atoms with Crippen molar-refractivity contribution in [1.29, 1.82) is 0 Å². The van der Waals surface area contributed by atoms with Crippen LogP contribution in [-0.4, -0.2) is 41.3 Å². The van der Waals surface area contributed by atoms with Crippen LogP contribution >= 0.6 is 0 Å². The lowest BCUT2D eigenvalue weighted by Gasteiger charge is -2.29. The highest BCUT2D eigenvalue weighted by atomic mass is 16.3. The molecule has 0 aliphatic carbocycles. The first kappa shape index (κ1) is 14.9. The van der Waals surface area contributed by atoms with Gasteiger partial charge in [-0.2, -0.15) is 0 Å². The van der Waals surface area contributed by atoms with Crippen LogP contribution in [0.3, 0.4) is 0 Å². The van der Waals surface area contributed by atoms with Gasteiger partial charge in [0.25, 0.3) is 0 Å². The molecule has 0 amide bonds. The van der Waals surface area contributed by atoms with Crippen molar-refractivity contribution in [3.05, 3.63) is 0 Å². The molecule has 2 unspecified atom stereocenters. The Hall–Kier alpha value is -0.120. The van der Waals surface area contributed by atoms with Crippen molar-refractivity contribution in [1.82, 2.24) is 4.90 Å². The highest BCUT2D eigenvalue weighted by Gasteiger charge is 2.17.